The Bertz CT molecular complexity index is 714. The van der Waals surface area contributed by atoms with Gasteiger partial charge in [-0.25, -0.2) is 0 Å². The zero-order chi connectivity index (χ0) is 14.4. The molecule has 3 N–H and O–H groups in total. The van der Waals surface area contributed by atoms with Crippen LogP contribution in [0.2, 0.25) is 0 Å². The van der Waals surface area contributed by atoms with Gasteiger partial charge in [0.05, 0.1) is 28.9 Å². The molecule has 1 amide bonds. The Labute approximate surface area is 123 Å². The number of fused-ring (bicyclic) bond motifs is 2. The topological polar surface area (TPSA) is 71.2 Å². The molecule has 4 rings (SSSR count). The average Bonchev–Trinajstić information content (AvgIpc) is 2.90. The Kier molecular flexibility index (Phi) is 2.74. The Hall–Kier alpha value is -2.30. The van der Waals surface area contributed by atoms with Crippen LogP contribution in [0.25, 0.3) is 10.9 Å². The highest BCUT2D eigenvalue weighted by molar-refractivity contribution is 5.97. The van der Waals surface area contributed by atoms with Crippen molar-refractivity contribution in [3.8, 4) is 0 Å². The summed E-state index contributed by atoms with van der Waals surface area (Å²) in [5.74, 6) is 0.286. The van der Waals surface area contributed by atoms with E-state index in [2.05, 4.69) is 15.2 Å². The molecule has 0 saturated carbocycles. The summed E-state index contributed by atoms with van der Waals surface area (Å²) in [5, 5.41) is 3.97. The molecule has 1 aromatic heterocycles. The first-order chi connectivity index (χ1) is 10.3. The molecule has 0 aliphatic carbocycles. The van der Waals surface area contributed by atoms with Gasteiger partial charge in [-0.15, -0.1) is 0 Å². The van der Waals surface area contributed by atoms with E-state index < -0.39 is 0 Å². The lowest BCUT2D eigenvalue weighted by Gasteiger charge is -2.38. The van der Waals surface area contributed by atoms with Gasteiger partial charge in [-0.2, -0.15) is 0 Å². The number of carbonyl (C=O) groups excluding carboxylic acids is 1. The number of pyridine rings is 1. The first-order valence-electron chi connectivity index (χ1n) is 7.43. The number of piperidine rings is 1. The number of benzene rings is 1. The average molecular weight is 282 g/mol. The first-order valence-corrected chi connectivity index (χ1v) is 7.43. The number of carbonyl (C=O) groups is 1. The highest BCUT2D eigenvalue weighted by Gasteiger charge is 2.41. The monoisotopic (exact) mass is 282 g/mol. The molecular formula is C16H18N4O. The van der Waals surface area contributed by atoms with Crippen LogP contribution in [0.1, 0.15) is 12.8 Å². The third kappa shape index (κ3) is 1.84. The lowest BCUT2D eigenvalue weighted by atomic mass is 9.90. The number of hydrogen-bond acceptors (Lipinski definition) is 4. The van der Waals surface area contributed by atoms with Crippen LogP contribution in [0.4, 0.5) is 11.4 Å². The van der Waals surface area contributed by atoms with Crippen molar-refractivity contribution in [3.05, 3.63) is 30.5 Å². The standard InChI is InChI=1S/C16H18N4O/c17-15-10-3-1-7-18-12(10)5-6-13(15)20-8-2-4-11-14(20)9-19-16(11)21/h1,3,5-7,11,14H,2,4,8-9,17H2,(H,19,21). The molecule has 0 spiro atoms. The zero-order valence-corrected chi connectivity index (χ0v) is 11.7. The van der Waals surface area contributed by atoms with Crippen molar-refractivity contribution >= 4 is 28.2 Å². The van der Waals surface area contributed by atoms with Gasteiger partial charge in [0.15, 0.2) is 0 Å². The van der Waals surface area contributed by atoms with Crippen molar-refractivity contribution in [1.29, 1.82) is 0 Å². The molecule has 3 heterocycles. The summed E-state index contributed by atoms with van der Waals surface area (Å²) in [6, 6.07) is 8.18. The Morgan fingerprint density at radius 1 is 1.33 bits per heavy atom. The maximum absolute atomic E-state index is 11.9. The lowest BCUT2D eigenvalue weighted by molar-refractivity contribution is -0.122. The normalized spacial score (nSPS) is 25.0. The molecule has 2 atom stereocenters. The molecule has 5 nitrogen and oxygen atoms in total. The second kappa shape index (κ2) is 4.62. The maximum atomic E-state index is 11.9. The van der Waals surface area contributed by atoms with E-state index in [1.807, 2.05) is 24.3 Å². The Morgan fingerprint density at radius 3 is 3.14 bits per heavy atom. The van der Waals surface area contributed by atoms with Gasteiger partial charge in [-0.05, 0) is 37.1 Å². The summed E-state index contributed by atoms with van der Waals surface area (Å²) in [5.41, 5.74) is 9.08. The molecule has 0 radical (unpaired) electrons. The van der Waals surface area contributed by atoms with E-state index in [0.717, 1.165) is 41.7 Å². The van der Waals surface area contributed by atoms with Crippen LogP contribution in [0, 0.1) is 5.92 Å². The molecule has 108 valence electrons. The predicted octanol–water partition coefficient (Wildman–Crippen LogP) is 1.53. The molecule has 2 saturated heterocycles. The number of anilines is 2. The minimum absolute atomic E-state index is 0.0998. The molecule has 2 fully saturated rings. The smallest absolute Gasteiger partial charge is 0.225 e. The summed E-state index contributed by atoms with van der Waals surface area (Å²) < 4.78 is 0. The SMILES string of the molecule is Nc1c(N2CCCC3C(=O)NCC32)ccc2ncccc12. The number of nitrogens with one attached hydrogen (secondary N) is 1. The van der Waals surface area contributed by atoms with Crippen molar-refractivity contribution in [1.82, 2.24) is 10.3 Å². The third-order valence-electron chi connectivity index (χ3n) is 4.71. The number of nitrogen functional groups attached to an aromatic ring is 1. The van der Waals surface area contributed by atoms with Gasteiger partial charge in [-0.1, -0.05) is 0 Å². The predicted molar refractivity (Wildman–Crippen MR) is 83.0 cm³/mol. The summed E-state index contributed by atoms with van der Waals surface area (Å²) >= 11 is 0. The zero-order valence-electron chi connectivity index (χ0n) is 11.7. The van der Waals surface area contributed by atoms with E-state index in [1.165, 1.54) is 0 Å². The van der Waals surface area contributed by atoms with Gasteiger partial charge >= 0.3 is 0 Å². The molecule has 5 heteroatoms. The summed E-state index contributed by atoms with van der Waals surface area (Å²) in [6.45, 7) is 1.67. The van der Waals surface area contributed by atoms with Crippen molar-refractivity contribution in [2.45, 2.75) is 18.9 Å². The number of nitrogens with two attached hydrogens (primary N) is 1. The van der Waals surface area contributed by atoms with E-state index in [-0.39, 0.29) is 17.9 Å². The molecule has 2 aliphatic heterocycles. The van der Waals surface area contributed by atoms with Crippen molar-refractivity contribution < 1.29 is 4.79 Å². The number of rotatable bonds is 1. The van der Waals surface area contributed by atoms with E-state index in [9.17, 15) is 4.79 Å². The second-order valence-electron chi connectivity index (χ2n) is 5.82. The largest absolute Gasteiger partial charge is 0.396 e. The maximum Gasteiger partial charge on any atom is 0.225 e. The van der Waals surface area contributed by atoms with Crippen LogP contribution in [0.15, 0.2) is 30.5 Å². The fraction of sp³-hybridized carbons (Fsp3) is 0.375. The fourth-order valence-electron chi connectivity index (χ4n) is 3.66. The molecule has 0 bridgehead atoms. The van der Waals surface area contributed by atoms with Crippen molar-refractivity contribution in [2.75, 3.05) is 23.7 Å². The van der Waals surface area contributed by atoms with Gasteiger partial charge in [0.2, 0.25) is 5.91 Å². The summed E-state index contributed by atoms with van der Waals surface area (Å²) in [4.78, 5) is 18.5. The van der Waals surface area contributed by atoms with Crippen LogP contribution in [-0.4, -0.2) is 30.0 Å². The highest BCUT2D eigenvalue weighted by atomic mass is 16.2. The fourth-order valence-corrected chi connectivity index (χ4v) is 3.66. The van der Waals surface area contributed by atoms with Crippen LogP contribution >= 0.6 is 0 Å². The summed E-state index contributed by atoms with van der Waals surface area (Å²) in [6.07, 6.45) is 3.78. The molecule has 1 aromatic carbocycles. The number of amides is 1. The van der Waals surface area contributed by atoms with Gasteiger partial charge in [0, 0.05) is 24.7 Å². The van der Waals surface area contributed by atoms with Crippen LogP contribution < -0.4 is 16.0 Å². The second-order valence-corrected chi connectivity index (χ2v) is 5.82. The van der Waals surface area contributed by atoms with Gasteiger partial charge < -0.3 is 16.0 Å². The quantitative estimate of drug-likeness (QED) is 0.778. The van der Waals surface area contributed by atoms with E-state index >= 15 is 0 Å². The molecule has 2 aliphatic rings. The van der Waals surface area contributed by atoms with Crippen molar-refractivity contribution in [2.24, 2.45) is 5.92 Å². The van der Waals surface area contributed by atoms with E-state index in [4.69, 9.17) is 5.73 Å². The number of aromatic nitrogens is 1. The molecule has 21 heavy (non-hydrogen) atoms. The van der Waals surface area contributed by atoms with Gasteiger partial charge in [-0.3, -0.25) is 9.78 Å². The highest BCUT2D eigenvalue weighted by Crippen LogP contribution is 2.37. The number of hydrogen-bond donors (Lipinski definition) is 2. The molecule has 2 unspecified atom stereocenters. The summed E-state index contributed by atoms with van der Waals surface area (Å²) in [7, 11) is 0. The van der Waals surface area contributed by atoms with Crippen LogP contribution in [-0.2, 0) is 4.79 Å². The molecule has 2 aromatic rings. The molecular weight excluding hydrogens is 264 g/mol. The number of nitrogens with zero attached hydrogens (tertiary/aromatic N) is 2. The minimum atomic E-state index is 0.0998. The third-order valence-corrected chi connectivity index (χ3v) is 4.71. The van der Waals surface area contributed by atoms with Gasteiger partial charge in [0.1, 0.15) is 0 Å². The lowest BCUT2D eigenvalue weighted by Crippen LogP contribution is -2.46. The van der Waals surface area contributed by atoms with Crippen molar-refractivity contribution in [3.63, 3.8) is 0 Å². The van der Waals surface area contributed by atoms with Crippen LogP contribution in [0.3, 0.4) is 0 Å². The first kappa shape index (κ1) is 12.4. The Balaban J connectivity index is 1.79. The van der Waals surface area contributed by atoms with Crippen LogP contribution in [0.5, 0.6) is 0 Å². The van der Waals surface area contributed by atoms with E-state index in [0.29, 0.717) is 6.54 Å². The van der Waals surface area contributed by atoms with Gasteiger partial charge in [0.25, 0.3) is 0 Å². The minimum Gasteiger partial charge on any atom is -0.396 e. The Morgan fingerprint density at radius 2 is 2.24 bits per heavy atom. The van der Waals surface area contributed by atoms with E-state index in [1.54, 1.807) is 6.20 Å².